The van der Waals surface area contributed by atoms with Gasteiger partial charge in [0.25, 0.3) is 0 Å². The number of benzene rings is 1. The van der Waals surface area contributed by atoms with Crippen LogP contribution >= 0.6 is 12.6 Å². The molecule has 2 nitrogen and oxygen atoms in total. The molecule has 1 aromatic carbocycles. The number of fused-ring (bicyclic) bond motifs is 1. The summed E-state index contributed by atoms with van der Waals surface area (Å²) >= 11 is 4.24. The van der Waals surface area contributed by atoms with Crippen LogP contribution < -0.4 is 4.74 Å². The summed E-state index contributed by atoms with van der Waals surface area (Å²) in [5, 5.41) is 0. The number of thiol groups is 1. The lowest BCUT2D eigenvalue weighted by atomic mass is 10.2. The van der Waals surface area contributed by atoms with Crippen LogP contribution in [0.4, 0.5) is 0 Å². The van der Waals surface area contributed by atoms with Crippen LogP contribution in [0.3, 0.4) is 0 Å². The van der Waals surface area contributed by atoms with Gasteiger partial charge in [0.05, 0.1) is 0 Å². The highest BCUT2D eigenvalue weighted by atomic mass is 32.1. The summed E-state index contributed by atoms with van der Waals surface area (Å²) in [6.45, 7) is 3.93. The SMILES string of the molecule is SCCCN1CCOc2ccccc2C1. The van der Waals surface area contributed by atoms with E-state index in [2.05, 4.69) is 35.7 Å². The number of nitrogens with zero attached hydrogens (tertiary/aromatic N) is 1. The van der Waals surface area contributed by atoms with Gasteiger partial charge in [0, 0.05) is 18.7 Å². The van der Waals surface area contributed by atoms with Gasteiger partial charge in [-0.1, -0.05) is 18.2 Å². The summed E-state index contributed by atoms with van der Waals surface area (Å²) in [6.07, 6.45) is 1.14. The Morgan fingerprint density at radius 3 is 3.07 bits per heavy atom. The zero-order valence-electron chi connectivity index (χ0n) is 8.85. The Morgan fingerprint density at radius 1 is 1.33 bits per heavy atom. The molecule has 0 aliphatic carbocycles. The average Bonchev–Trinajstić information content (AvgIpc) is 2.47. The maximum atomic E-state index is 5.70. The fourth-order valence-electron chi connectivity index (χ4n) is 1.87. The molecule has 1 aliphatic heterocycles. The lowest BCUT2D eigenvalue weighted by molar-refractivity contribution is 0.227. The van der Waals surface area contributed by atoms with E-state index in [1.807, 2.05) is 6.07 Å². The number of hydrogen-bond acceptors (Lipinski definition) is 3. The third-order valence-corrected chi connectivity index (χ3v) is 2.98. The van der Waals surface area contributed by atoms with Crippen molar-refractivity contribution in [2.24, 2.45) is 0 Å². The van der Waals surface area contributed by atoms with Crippen molar-refractivity contribution in [3.8, 4) is 5.75 Å². The molecule has 0 fully saturated rings. The molecule has 0 aromatic heterocycles. The highest BCUT2D eigenvalue weighted by molar-refractivity contribution is 7.80. The minimum atomic E-state index is 0.795. The molecule has 0 saturated heterocycles. The van der Waals surface area contributed by atoms with E-state index in [1.54, 1.807) is 0 Å². The quantitative estimate of drug-likeness (QED) is 0.789. The van der Waals surface area contributed by atoms with Crippen molar-refractivity contribution in [1.29, 1.82) is 0 Å². The normalized spacial score (nSPS) is 16.6. The molecule has 0 spiro atoms. The van der Waals surface area contributed by atoms with Gasteiger partial charge in [-0.05, 0) is 24.8 Å². The zero-order valence-corrected chi connectivity index (χ0v) is 9.75. The number of para-hydroxylation sites is 1. The minimum absolute atomic E-state index is 0.795. The van der Waals surface area contributed by atoms with Gasteiger partial charge >= 0.3 is 0 Å². The van der Waals surface area contributed by atoms with Gasteiger partial charge in [0.1, 0.15) is 12.4 Å². The number of ether oxygens (including phenoxy) is 1. The largest absolute Gasteiger partial charge is 0.492 e. The fourth-order valence-corrected chi connectivity index (χ4v) is 2.01. The molecule has 2 rings (SSSR count). The van der Waals surface area contributed by atoms with Crippen LogP contribution in [0.2, 0.25) is 0 Å². The topological polar surface area (TPSA) is 12.5 Å². The molecule has 0 bridgehead atoms. The molecule has 15 heavy (non-hydrogen) atoms. The fraction of sp³-hybridized carbons (Fsp3) is 0.500. The Kier molecular flexibility index (Phi) is 3.92. The Labute approximate surface area is 96.6 Å². The molecule has 0 radical (unpaired) electrons. The van der Waals surface area contributed by atoms with E-state index in [1.165, 1.54) is 5.56 Å². The summed E-state index contributed by atoms with van der Waals surface area (Å²) in [7, 11) is 0. The molecule has 0 amide bonds. The Balaban J connectivity index is 2.04. The highest BCUT2D eigenvalue weighted by Crippen LogP contribution is 2.22. The summed E-state index contributed by atoms with van der Waals surface area (Å²) in [5.41, 5.74) is 1.30. The van der Waals surface area contributed by atoms with E-state index in [0.717, 1.165) is 44.2 Å². The Hall–Kier alpha value is -0.670. The average molecular weight is 223 g/mol. The standard InChI is InChI=1S/C12H17NOS/c15-9-3-6-13-7-8-14-12-5-2-1-4-11(12)10-13/h1-2,4-5,15H,3,6-10H2. The van der Waals surface area contributed by atoms with E-state index >= 15 is 0 Å². The molecule has 82 valence electrons. The number of hydrogen-bond donors (Lipinski definition) is 1. The third kappa shape index (κ3) is 2.89. The first-order valence-electron chi connectivity index (χ1n) is 5.44. The van der Waals surface area contributed by atoms with Crippen LogP contribution in [0, 0.1) is 0 Å². The van der Waals surface area contributed by atoms with Gasteiger partial charge in [0.2, 0.25) is 0 Å². The maximum Gasteiger partial charge on any atom is 0.123 e. The van der Waals surface area contributed by atoms with Crippen LogP contribution in [-0.4, -0.2) is 30.3 Å². The first-order valence-corrected chi connectivity index (χ1v) is 6.07. The van der Waals surface area contributed by atoms with E-state index in [0.29, 0.717) is 0 Å². The van der Waals surface area contributed by atoms with Crippen molar-refractivity contribution in [3.05, 3.63) is 29.8 Å². The smallest absolute Gasteiger partial charge is 0.123 e. The second-order valence-electron chi connectivity index (χ2n) is 3.81. The van der Waals surface area contributed by atoms with Crippen LogP contribution in [0.5, 0.6) is 5.75 Å². The molecule has 1 aromatic rings. The summed E-state index contributed by atoms with van der Waals surface area (Å²) in [5.74, 6) is 2.00. The molecular weight excluding hydrogens is 206 g/mol. The van der Waals surface area contributed by atoms with Crippen LogP contribution in [0.1, 0.15) is 12.0 Å². The van der Waals surface area contributed by atoms with Crippen molar-refractivity contribution in [2.45, 2.75) is 13.0 Å². The Bertz CT molecular complexity index is 314. The number of rotatable bonds is 3. The van der Waals surface area contributed by atoms with Crippen LogP contribution in [0.15, 0.2) is 24.3 Å². The monoisotopic (exact) mass is 223 g/mol. The molecular formula is C12H17NOS. The molecule has 0 saturated carbocycles. The predicted molar refractivity (Wildman–Crippen MR) is 65.7 cm³/mol. The lowest BCUT2D eigenvalue weighted by Gasteiger charge is -2.18. The predicted octanol–water partition coefficient (Wildman–Crippen LogP) is 2.20. The summed E-state index contributed by atoms with van der Waals surface area (Å²) in [4.78, 5) is 2.43. The van der Waals surface area contributed by atoms with Crippen molar-refractivity contribution in [2.75, 3.05) is 25.4 Å². The highest BCUT2D eigenvalue weighted by Gasteiger charge is 2.13. The van der Waals surface area contributed by atoms with Gasteiger partial charge in [-0.3, -0.25) is 4.90 Å². The van der Waals surface area contributed by atoms with Crippen LogP contribution in [-0.2, 0) is 6.54 Å². The van der Waals surface area contributed by atoms with E-state index in [4.69, 9.17) is 4.74 Å². The second kappa shape index (κ2) is 5.42. The van der Waals surface area contributed by atoms with Gasteiger partial charge in [-0.2, -0.15) is 12.6 Å². The van der Waals surface area contributed by atoms with Crippen LogP contribution in [0.25, 0.3) is 0 Å². The van der Waals surface area contributed by atoms with Gasteiger partial charge in [-0.15, -0.1) is 0 Å². The Morgan fingerprint density at radius 2 is 2.20 bits per heavy atom. The van der Waals surface area contributed by atoms with Gasteiger partial charge in [0.15, 0.2) is 0 Å². The molecule has 1 heterocycles. The first-order chi connectivity index (χ1) is 7.40. The van der Waals surface area contributed by atoms with Crippen molar-refractivity contribution >= 4 is 12.6 Å². The maximum absolute atomic E-state index is 5.70. The zero-order chi connectivity index (χ0) is 10.5. The molecule has 0 atom stereocenters. The third-order valence-electron chi connectivity index (χ3n) is 2.66. The van der Waals surface area contributed by atoms with Gasteiger partial charge < -0.3 is 4.74 Å². The van der Waals surface area contributed by atoms with E-state index in [-0.39, 0.29) is 0 Å². The molecule has 1 aliphatic rings. The van der Waals surface area contributed by atoms with E-state index < -0.39 is 0 Å². The molecule has 0 unspecified atom stereocenters. The summed E-state index contributed by atoms with van der Waals surface area (Å²) < 4.78 is 5.70. The molecule has 3 heteroatoms. The minimum Gasteiger partial charge on any atom is -0.492 e. The van der Waals surface area contributed by atoms with Crippen molar-refractivity contribution in [3.63, 3.8) is 0 Å². The van der Waals surface area contributed by atoms with Crippen molar-refractivity contribution in [1.82, 2.24) is 4.90 Å². The van der Waals surface area contributed by atoms with Gasteiger partial charge in [-0.25, -0.2) is 0 Å². The lowest BCUT2D eigenvalue weighted by Crippen LogP contribution is -2.27. The first kappa shape index (κ1) is 10.8. The van der Waals surface area contributed by atoms with Crippen molar-refractivity contribution < 1.29 is 4.74 Å². The summed E-state index contributed by atoms with van der Waals surface area (Å²) in [6, 6.07) is 8.30. The molecule has 0 N–H and O–H groups in total. The second-order valence-corrected chi connectivity index (χ2v) is 4.26. The van der Waals surface area contributed by atoms with E-state index in [9.17, 15) is 0 Å².